The molecular formula is C12H13ClO4. The van der Waals surface area contributed by atoms with Gasteiger partial charge in [-0.05, 0) is 31.0 Å². The van der Waals surface area contributed by atoms with Crippen LogP contribution in [0.2, 0.25) is 5.02 Å². The van der Waals surface area contributed by atoms with Crippen LogP contribution >= 0.6 is 11.6 Å². The molecule has 1 atom stereocenters. The van der Waals surface area contributed by atoms with Crippen LogP contribution in [-0.4, -0.2) is 30.4 Å². The molecule has 0 bridgehead atoms. The maximum atomic E-state index is 11.0. The first kappa shape index (κ1) is 12.2. The van der Waals surface area contributed by atoms with Crippen LogP contribution in [0.3, 0.4) is 0 Å². The number of halogens is 1. The molecule has 1 aromatic rings. The minimum Gasteiger partial charge on any atom is -0.487 e. The highest BCUT2D eigenvalue weighted by molar-refractivity contribution is 6.31. The molecule has 0 radical (unpaired) electrons. The number of carboxylic acid groups (broad SMARTS) is 1. The summed E-state index contributed by atoms with van der Waals surface area (Å²) in [5.74, 6) is -0.698. The van der Waals surface area contributed by atoms with Crippen molar-refractivity contribution in [1.82, 2.24) is 0 Å². The van der Waals surface area contributed by atoms with Crippen molar-refractivity contribution in [3.63, 3.8) is 0 Å². The molecular weight excluding hydrogens is 244 g/mol. The van der Waals surface area contributed by atoms with Gasteiger partial charge in [0.2, 0.25) is 0 Å². The lowest BCUT2D eigenvalue weighted by Gasteiger charge is -2.24. The second-order valence-electron chi connectivity index (χ2n) is 3.90. The predicted molar refractivity (Wildman–Crippen MR) is 62.9 cm³/mol. The number of hydrogen-bond donors (Lipinski definition) is 1. The number of hydrogen-bond acceptors (Lipinski definition) is 3. The number of ether oxygens (including phenoxy) is 2. The maximum Gasteiger partial charge on any atom is 0.339 e. The molecule has 0 aromatic heterocycles. The summed E-state index contributed by atoms with van der Waals surface area (Å²) in [5, 5.41) is 9.43. The van der Waals surface area contributed by atoms with Gasteiger partial charge in [-0.25, -0.2) is 4.79 Å². The summed E-state index contributed by atoms with van der Waals surface area (Å²) in [4.78, 5) is 11.0. The van der Waals surface area contributed by atoms with Gasteiger partial charge in [0.05, 0.1) is 6.61 Å². The fourth-order valence-corrected chi connectivity index (χ4v) is 1.93. The largest absolute Gasteiger partial charge is 0.487 e. The van der Waals surface area contributed by atoms with Crippen molar-refractivity contribution >= 4 is 17.6 Å². The van der Waals surface area contributed by atoms with Crippen LogP contribution in [0.15, 0.2) is 18.2 Å². The van der Waals surface area contributed by atoms with Crippen LogP contribution in [0.4, 0.5) is 0 Å². The molecule has 0 amide bonds. The smallest absolute Gasteiger partial charge is 0.339 e. The van der Waals surface area contributed by atoms with Gasteiger partial charge >= 0.3 is 5.97 Å². The molecule has 2 rings (SSSR count). The summed E-state index contributed by atoms with van der Waals surface area (Å²) < 4.78 is 10.9. The van der Waals surface area contributed by atoms with Crippen molar-refractivity contribution < 1.29 is 19.4 Å². The first-order valence-electron chi connectivity index (χ1n) is 5.44. The van der Waals surface area contributed by atoms with Crippen molar-refractivity contribution in [2.75, 3.05) is 13.2 Å². The summed E-state index contributed by atoms with van der Waals surface area (Å²) >= 11 is 5.76. The average Bonchev–Trinajstić information content (AvgIpc) is 2.32. The van der Waals surface area contributed by atoms with Crippen molar-refractivity contribution in [1.29, 1.82) is 0 Å². The molecule has 1 unspecified atom stereocenters. The van der Waals surface area contributed by atoms with Crippen LogP contribution in [0.1, 0.15) is 23.2 Å². The Balaban J connectivity index is 2.16. The highest BCUT2D eigenvalue weighted by Gasteiger charge is 2.19. The van der Waals surface area contributed by atoms with E-state index in [1.807, 2.05) is 0 Å². The molecule has 1 saturated heterocycles. The third kappa shape index (κ3) is 3.11. The van der Waals surface area contributed by atoms with Gasteiger partial charge in [0.1, 0.15) is 17.4 Å². The molecule has 5 heteroatoms. The van der Waals surface area contributed by atoms with E-state index < -0.39 is 5.97 Å². The highest BCUT2D eigenvalue weighted by Crippen LogP contribution is 2.25. The second-order valence-corrected chi connectivity index (χ2v) is 4.34. The molecule has 1 aliphatic rings. The lowest BCUT2D eigenvalue weighted by Crippen LogP contribution is -2.28. The molecule has 92 valence electrons. The van der Waals surface area contributed by atoms with E-state index in [-0.39, 0.29) is 11.7 Å². The van der Waals surface area contributed by atoms with Crippen molar-refractivity contribution in [3.05, 3.63) is 28.8 Å². The van der Waals surface area contributed by atoms with Crippen molar-refractivity contribution in [2.45, 2.75) is 18.9 Å². The van der Waals surface area contributed by atoms with Crippen LogP contribution in [-0.2, 0) is 4.74 Å². The second kappa shape index (κ2) is 5.38. The fourth-order valence-electron chi connectivity index (χ4n) is 1.76. The number of aromatic carboxylic acids is 1. The van der Waals surface area contributed by atoms with E-state index in [9.17, 15) is 4.79 Å². The van der Waals surface area contributed by atoms with Gasteiger partial charge in [-0.15, -0.1) is 0 Å². The van der Waals surface area contributed by atoms with E-state index in [0.29, 0.717) is 17.4 Å². The minimum atomic E-state index is -1.04. The van der Waals surface area contributed by atoms with E-state index in [2.05, 4.69) is 0 Å². The molecule has 17 heavy (non-hydrogen) atoms. The molecule has 1 N–H and O–H groups in total. The van der Waals surface area contributed by atoms with Crippen molar-refractivity contribution in [2.24, 2.45) is 0 Å². The number of benzene rings is 1. The van der Waals surface area contributed by atoms with E-state index in [4.69, 9.17) is 26.2 Å². The third-order valence-electron chi connectivity index (χ3n) is 2.58. The highest BCUT2D eigenvalue weighted by atomic mass is 35.5. The van der Waals surface area contributed by atoms with Crippen LogP contribution < -0.4 is 4.74 Å². The summed E-state index contributed by atoms with van der Waals surface area (Å²) in [7, 11) is 0. The van der Waals surface area contributed by atoms with Gasteiger partial charge in [-0.1, -0.05) is 11.6 Å². The Kier molecular flexibility index (Phi) is 3.86. The monoisotopic (exact) mass is 256 g/mol. The third-order valence-corrected chi connectivity index (χ3v) is 2.82. The van der Waals surface area contributed by atoms with E-state index in [1.54, 1.807) is 12.1 Å². The first-order valence-corrected chi connectivity index (χ1v) is 5.82. The number of rotatable bonds is 3. The normalized spacial score (nSPS) is 19.9. The zero-order valence-electron chi connectivity index (χ0n) is 9.19. The van der Waals surface area contributed by atoms with Crippen LogP contribution in [0, 0.1) is 0 Å². The standard InChI is InChI=1S/C12H13ClO4/c13-8-3-4-11(10(6-8)12(14)15)17-9-2-1-5-16-7-9/h3-4,6,9H,1-2,5,7H2,(H,14,15). The molecule has 1 aromatic carbocycles. The molecule has 0 spiro atoms. The van der Waals surface area contributed by atoms with Crippen LogP contribution in [0.25, 0.3) is 0 Å². The summed E-state index contributed by atoms with van der Waals surface area (Å²) in [5.41, 5.74) is 0.0862. The van der Waals surface area contributed by atoms with Gasteiger partial charge in [-0.2, -0.15) is 0 Å². The molecule has 0 saturated carbocycles. The van der Waals surface area contributed by atoms with Crippen molar-refractivity contribution in [3.8, 4) is 5.75 Å². The summed E-state index contributed by atoms with van der Waals surface area (Å²) in [6.45, 7) is 1.24. The molecule has 4 nitrogen and oxygen atoms in total. The van der Waals surface area contributed by atoms with Gasteiger partial charge < -0.3 is 14.6 Å². The van der Waals surface area contributed by atoms with E-state index in [0.717, 1.165) is 19.4 Å². The van der Waals surface area contributed by atoms with Gasteiger partial charge in [0.15, 0.2) is 0 Å². The van der Waals surface area contributed by atoms with Gasteiger partial charge in [0, 0.05) is 11.6 Å². The predicted octanol–water partition coefficient (Wildman–Crippen LogP) is 2.60. The Labute approximate surface area is 104 Å². The van der Waals surface area contributed by atoms with E-state index in [1.165, 1.54) is 6.07 Å². The zero-order chi connectivity index (χ0) is 12.3. The van der Waals surface area contributed by atoms with E-state index >= 15 is 0 Å². The lowest BCUT2D eigenvalue weighted by atomic mass is 10.1. The average molecular weight is 257 g/mol. The molecule has 1 heterocycles. The first-order chi connectivity index (χ1) is 8.16. The Hall–Kier alpha value is -1.26. The maximum absolute atomic E-state index is 11.0. The molecule has 1 fully saturated rings. The quantitative estimate of drug-likeness (QED) is 0.903. The Morgan fingerprint density at radius 3 is 3.00 bits per heavy atom. The zero-order valence-corrected chi connectivity index (χ0v) is 9.94. The minimum absolute atomic E-state index is 0.0805. The van der Waals surface area contributed by atoms with Gasteiger partial charge in [-0.3, -0.25) is 0 Å². The summed E-state index contributed by atoms with van der Waals surface area (Å²) in [6, 6.07) is 4.59. The van der Waals surface area contributed by atoms with Crippen LogP contribution in [0.5, 0.6) is 5.75 Å². The number of carbonyl (C=O) groups is 1. The topological polar surface area (TPSA) is 55.8 Å². The Morgan fingerprint density at radius 2 is 2.35 bits per heavy atom. The Bertz CT molecular complexity index is 413. The number of carboxylic acids is 1. The summed E-state index contributed by atoms with van der Waals surface area (Å²) in [6.07, 6.45) is 1.73. The fraction of sp³-hybridized carbons (Fsp3) is 0.417. The lowest BCUT2D eigenvalue weighted by molar-refractivity contribution is 0.00679. The van der Waals surface area contributed by atoms with Gasteiger partial charge in [0.25, 0.3) is 0 Å². The Morgan fingerprint density at radius 1 is 1.53 bits per heavy atom. The SMILES string of the molecule is O=C(O)c1cc(Cl)ccc1OC1CCCOC1. The molecule has 0 aliphatic carbocycles. The molecule has 1 aliphatic heterocycles.